The first-order valence-electron chi connectivity index (χ1n) is 12.6. The van der Waals surface area contributed by atoms with Crippen molar-refractivity contribution < 1.29 is 19.3 Å². The molecule has 198 valence electrons. The fraction of sp³-hybridized carbons (Fsp3) is 0.586. The van der Waals surface area contributed by atoms with Crippen molar-refractivity contribution in [3.8, 4) is 5.75 Å². The summed E-state index contributed by atoms with van der Waals surface area (Å²) in [7, 11) is 2.27. The van der Waals surface area contributed by atoms with Crippen molar-refractivity contribution in [3.63, 3.8) is 0 Å². The van der Waals surface area contributed by atoms with Crippen molar-refractivity contribution in [2.75, 3.05) is 25.7 Å². The van der Waals surface area contributed by atoms with Gasteiger partial charge in [-0.3, -0.25) is 0 Å². The minimum Gasteiger partial charge on any atom is -0.497 e. The van der Waals surface area contributed by atoms with Crippen LogP contribution < -0.4 is 4.74 Å². The molecular formula is C29H48O4SSi. The van der Waals surface area contributed by atoms with E-state index < -0.39 is 14.2 Å². The van der Waals surface area contributed by atoms with Crippen LogP contribution in [0.15, 0.2) is 60.7 Å². The van der Waals surface area contributed by atoms with E-state index in [2.05, 4.69) is 70.4 Å². The lowest BCUT2D eigenvalue weighted by molar-refractivity contribution is 0.0135. The molecule has 0 unspecified atom stereocenters. The lowest BCUT2D eigenvalue weighted by atomic mass is 10.0. The van der Waals surface area contributed by atoms with Crippen LogP contribution in [0.3, 0.4) is 0 Å². The molecule has 0 aliphatic rings. The van der Waals surface area contributed by atoms with Gasteiger partial charge in [0, 0.05) is 15.2 Å². The number of rotatable bonds is 18. The molecule has 0 spiro atoms. The number of aliphatic hydroxyl groups excluding tert-OH is 1. The molecule has 4 nitrogen and oxygen atoms in total. The second-order valence-electron chi connectivity index (χ2n) is 10.4. The van der Waals surface area contributed by atoms with E-state index in [0.29, 0.717) is 18.9 Å². The van der Waals surface area contributed by atoms with Crippen molar-refractivity contribution in [1.82, 2.24) is 0 Å². The van der Waals surface area contributed by atoms with E-state index in [-0.39, 0.29) is 12.2 Å². The normalized spacial score (nSPS) is 16.2. The highest BCUT2D eigenvalue weighted by Gasteiger charge is 2.18. The molecule has 0 saturated heterocycles. The van der Waals surface area contributed by atoms with Crippen molar-refractivity contribution in [1.29, 1.82) is 0 Å². The number of thioether (sulfide) groups is 1. The van der Waals surface area contributed by atoms with E-state index in [0.717, 1.165) is 23.5 Å². The van der Waals surface area contributed by atoms with Gasteiger partial charge < -0.3 is 19.3 Å². The summed E-state index contributed by atoms with van der Waals surface area (Å²) in [5, 5.41) is 10.2. The van der Waals surface area contributed by atoms with Crippen molar-refractivity contribution in [2.24, 2.45) is 5.92 Å². The molecule has 0 heterocycles. The lowest BCUT2D eigenvalue weighted by Crippen LogP contribution is -2.25. The number of benzene rings is 1. The molecule has 35 heavy (non-hydrogen) atoms. The summed E-state index contributed by atoms with van der Waals surface area (Å²) in [5.74, 6) is 3.56. The van der Waals surface area contributed by atoms with Crippen LogP contribution in [-0.2, 0) is 16.1 Å². The van der Waals surface area contributed by atoms with Gasteiger partial charge in [-0.15, -0.1) is 6.58 Å². The van der Waals surface area contributed by atoms with Gasteiger partial charge in [0.15, 0.2) is 0 Å². The average molecular weight is 521 g/mol. The molecule has 0 aliphatic heterocycles. The largest absolute Gasteiger partial charge is 0.497 e. The predicted molar refractivity (Wildman–Crippen MR) is 155 cm³/mol. The second-order valence-corrected chi connectivity index (χ2v) is 17.1. The fourth-order valence-electron chi connectivity index (χ4n) is 3.44. The number of hydrogen-bond donors (Lipinski definition) is 1. The number of allylic oxidation sites excluding steroid dienone is 3. The summed E-state index contributed by atoms with van der Waals surface area (Å²) in [4.78, 5) is 0. The Balaban J connectivity index is 2.74. The van der Waals surface area contributed by atoms with Crippen LogP contribution in [0.4, 0.5) is 0 Å². The highest BCUT2D eigenvalue weighted by molar-refractivity contribution is 7.99. The lowest BCUT2D eigenvalue weighted by Gasteiger charge is -2.22. The summed E-state index contributed by atoms with van der Waals surface area (Å²) in [6.45, 7) is 16.0. The van der Waals surface area contributed by atoms with Crippen molar-refractivity contribution >= 4 is 19.8 Å². The Morgan fingerprint density at radius 2 is 1.83 bits per heavy atom. The van der Waals surface area contributed by atoms with Crippen molar-refractivity contribution in [2.45, 2.75) is 77.3 Å². The van der Waals surface area contributed by atoms with Crippen LogP contribution in [0.5, 0.6) is 5.75 Å². The zero-order chi connectivity index (χ0) is 26.3. The number of hydrogen-bond acceptors (Lipinski definition) is 5. The van der Waals surface area contributed by atoms with Gasteiger partial charge in [0.05, 0.1) is 25.9 Å². The minimum atomic E-state index is -1.00. The summed E-state index contributed by atoms with van der Waals surface area (Å²) in [5.41, 5.74) is 2.31. The first-order chi connectivity index (χ1) is 16.6. The van der Waals surface area contributed by atoms with E-state index in [1.165, 1.54) is 17.4 Å². The third-order valence-corrected chi connectivity index (χ3v) is 9.27. The van der Waals surface area contributed by atoms with Gasteiger partial charge in [0.2, 0.25) is 0 Å². The maximum atomic E-state index is 10.2. The molecule has 4 atom stereocenters. The van der Waals surface area contributed by atoms with Gasteiger partial charge in [-0.2, -0.15) is 11.8 Å². The third kappa shape index (κ3) is 14.1. The van der Waals surface area contributed by atoms with E-state index >= 15 is 0 Å². The van der Waals surface area contributed by atoms with Gasteiger partial charge in [0.25, 0.3) is 0 Å². The molecule has 1 N–H and O–H groups in total. The van der Waals surface area contributed by atoms with Gasteiger partial charge in [0.1, 0.15) is 11.9 Å². The van der Waals surface area contributed by atoms with E-state index in [1.807, 2.05) is 23.9 Å². The van der Waals surface area contributed by atoms with Crippen LogP contribution in [0.1, 0.15) is 32.3 Å². The summed E-state index contributed by atoms with van der Waals surface area (Å²) >= 11 is 2.04. The fourth-order valence-corrected chi connectivity index (χ4v) is 7.19. The highest BCUT2D eigenvalue weighted by atomic mass is 32.2. The topological polar surface area (TPSA) is 47.9 Å². The molecule has 1 aromatic carbocycles. The smallest absolute Gasteiger partial charge is 0.118 e. The zero-order valence-electron chi connectivity index (χ0n) is 23.0. The average Bonchev–Trinajstić information content (AvgIpc) is 2.82. The molecule has 0 saturated carbocycles. The quantitative estimate of drug-likeness (QED) is 0.0965. The highest BCUT2D eigenvalue weighted by Crippen LogP contribution is 2.22. The second kappa shape index (κ2) is 17.2. The molecule has 0 radical (unpaired) electrons. The standard InChI is InChI=1S/C29H48O4SSi/c1-9-28(32-5)27(30)12-10-11-23(2)13-18-29(24(3)22-34-19-20-35(6,7)8)33-21-25-14-16-26(31-4)17-15-25/h9,11,13-18,24,27-30H,1,10,12,19-22H2,2-8H3/b18-13+,23-11+/t24-,27+,28+,29-/m1/s1. The molecule has 0 aromatic heterocycles. The molecule has 0 bridgehead atoms. The Bertz CT molecular complexity index is 770. The Hall–Kier alpha value is -1.31. The number of ether oxygens (including phenoxy) is 3. The molecule has 0 aliphatic carbocycles. The maximum absolute atomic E-state index is 10.2. The van der Waals surface area contributed by atoms with Gasteiger partial charge >= 0.3 is 0 Å². The first-order valence-corrected chi connectivity index (χ1v) is 17.5. The van der Waals surface area contributed by atoms with Gasteiger partial charge in [-0.1, -0.05) is 68.6 Å². The van der Waals surface area contributed by atoms with Crippen LogP contribution in [0.2, 0.25) is 25.7 Å². The van der Waals surface area contributed by atoms with Crippen LogP contribution in [0, 0.1) is 5.92 Å². The Morgan fingerprint density at radius 3 is 2.40 bits per heavy atom. The van der Waals surface area contributed by atoms with E-state index in [1.54, 1.807) is 20.3 Å². The Morgan fingerprint density at radius 1 is 1.14 bits per heavy atom. The Kier molecular flexibility index (Phi) is 15.6. The summed E-state index contributed by atoms with van der Waals surface area (Å²) in [6.07, 6.45) is 8.73. The van der Waals surface area contributed by atoms with Crippen LogP contribution in [0.25, 0.3) is 0 Å². The van der Waals surface area contributed by atoms with Crippen LogP contribution >= 0.6 is 11.8 Å². The predicted octanol–water partition coefficient (Wildman–Crippen LogP) is 7.13. The van der Waals surface area contributed by atoms with E-state index in [9.17, 15) is 5.11 Å². The molecule has 1 rings (SSSR count). The SMILES string of the molecule is C=C[C@H](OC)[C@@H](O)CC/C=C(C)/C=C/[C@@H](OCc1ccc(OC)cc1)[C@H](C)CSCC[Si](C)(C)C. The Labute approximate surface area is 219 Å². The summed E-state index contributed by atoms with van der Waals surface area (Å²) in [6, 6.07) is 9.41. The molecule has 0 fully saturated rings. The molecule has 6 heteroatoms. The van der Waals surface area contributed by atoms with Crippen LogP contribution in [-0.4, -0.2) is 57.2 Å². The van der Waals surface area contributed by atoms with Crippen molar-refractivity contribution in [3.05, 3.63) is 66.3 Å². The molecule has 0 amide bonds. The molecular weight excluding hydrogens is 472 g/mol. The van der Waals surface area contributed by atoms with Gasteiger partial charge in [-0.05, 0) is 60.9 Å². The minimum absolute atomic E-state index is 0.0315. The number of aliphatic hydroxyl groups is 1. The first kappa shape index (κ1) is 31.7. The monoisotopic (exact) mass is 520 g/mol. The third-order valence-electron chi connectivity index (χ3n) is 5.90. The maximum Gasteiger partial charge on any atom is 0.118 e. The zero-order valence-corrected chi connectivity index (χ0v) is 24.8. The van der Waals surface area contributed by atoms with E-state index in [4.69, 9.17) is 14.2 Å². The number of methoxy groups -OCH3 is 2. The van der Waals surface area contributed by atoms with Gasteiger partial charge in [-0.25, -0.2) is 0 Å². The molecule has 1 aromatic rings. The summed E-state index contributed by atoms with van der Waals surface area (Å²) < 4.78 is 16.9.